The maximum atomic E-state index is 10.6. The number of esters is 1. The van der Waals surface area contributed by atoms with Crippen LogP contribution in [-0.2, 0) is 9.53 Å². The number of allylic oxidation sites excluding steroid dienone is 1. The summed E-state index contributed by atoms with van der Waals surface area (Å²) in [6.45, 7) is 1.80. The third-order valence-electron chi connectivity index (χ3n) is 1.11. The molecule has 2 nitrogen and oxygen atoms in total. The molecule has 1 aliphatic rings. The average molecular weight is 126 g/mol. The molecule has 0 atom stereocenters. The molecule has 0 aromatic heterocycles. The third kappa shape index (κ3) is 2.31. The normalized spacial score (nSPS) is 18.3. The molecule has 1 saturated carbocycles. The van der Waals surface area contributed by atoms with Crippen molar-refractivity contribution in [2.24, 2.45) is 0 Å². The van der Waals surface area contributed by atoms with Gasteiger partial charge in [0.2, 0.25) is 0 Å². The van der Waals surface area contributed by atoms with Gasteiger partial charge in [0.1, 0.15) is 6.10 Å². The Kier molecular flexibility index (Phi) is 1.88. The number of carbonyl (C=O) groups excluding carboxylic acids is 1. The predicted molar refractivity (Wildman–Crippen MR) is 33.9 cm³/mol. The summed E-state index contributed by atoms with van der Waals surface area (Å²) in [5.41, 5.74) is 0. The second-order valence-electron chi connectivity index (χ2n) is 2.14. The van der Waals surface area contributed by atoms with Crippen molar-refractivity contribution in [2.75, 3.05) is 0 Å². The van der Waals surface area contributed by atoms with E-state index in [9.17, 15) is 4.79 Å². The molecule has 2 heteroatoms. The highest BCUT2D eigenvalue weighted by molar-refractivity contribution is 5.82. The Balaban J connectivity index is 2.17. The first kappa shape index (κ1) is 6.33. The summed E-state index contributed by atoms with van der Waals surface area (Å²) >= 11 is 0. The van der Waals surface area contributed by atoms with E-state index in [0.717, 1.165) is 12.8 Å². The molecule has 0 unspecified atom stereocenters. The van der Waals surface area contributed by atoms with Gasteiger partial charge in [0.25, 0.3) is 0 Å². The van der Waals surface area contributed by atoms with Crippen LogP contribution in [0.4, 0.5) is 0 Å². The molecule has 0 saturated heterocycles. The van der Waals surface area contributed by atoms with Gasteiger partial charge in [0, 0.05) is 6.08 Å². The summed E-state index contributed by atoms with van der Waals surface area (Å²) in [7, 11) is 0. The number of rotatable bonds is 2. The molecule has 0 N–H and O–H groups in total. The Morgan fingerprint density at radius 3 is 2.78 bits per heavy atom. The van der Waals surface area contributed by atoms with Crippen LogP contribution in [0.3, 0.4) is 0 Å². The molecule has 0 aromatic rings. The second-order valence-corrected chi connectivity index (χ2v) is 2.14. The average Bonchev–Trinajstić information content (AvgIpc) is 2.50. The number of ether oxygens (including phenoxy) is 1. The maximum Gasteiger partial charge on any atom is 0.330 e. The van der Waals surface area contributed by atoms with Crippen molar-refractivity contribution in [3.63, 3.8) is 0 Å². The Labute approximate surface area is 54.5 Å². The zero-order chi connectivity index (χ0) is 6.69. The lowest BCUT2D eigenvalue weighted by Gasteiger charge is -1.94. The standard InChI is InChI=1S/C7H10O2/c1-2-3-7(8)9-6-4-5-6/h2-3,6H,4-5H2,1H3/b3-2+. The van der Waals surface area contributed by atoms with Crippen molar-refractivity contribution < 1.29 is 9.53 Å². The van der Waals surface area contributed by atoms with Gasteiger partial charge in [-0.1, -0.05) is 6.08 Å². The van der Waals surface area contributed by atoms with E-state index >= 15 is 0 Å². The fourth-order valence-corrected chi connectivity index (χ4v) is 0.526. The number of carbonyl (C=O) groups is 1. The van der Waals surface area contributed by atoms with Gasteiger partial charge in [-0.05, 0) is 19.8 Å². The highest BCUT2D eigenvalue weighted by Crippen LogP contribution is 2.23. The van der Waals surface area contributed by atoms with Gasteiger partial charge in [0.05, 0.1) is 0 Å². The lowest BCUT2D eigenvalue weighted by molar-refractivity contribution is -0.138. The molecule has 0 amide bonds. The van der Waals surface area contributed by atoms with Gasteiger partial charge in [-0.2, -0.15) is 0 Å². The van der Waals surface area contributed by atoms with Gasteiger partial charge >= 0.3 is 5.97 Å². The van der Waals surface area contributed by atoms with Crippen LogP contribution in [-0.4, -0.2) is 12.1 Å². The van der Waals surface area contributed by atoms with Gasteiger partial charge < -0.3 is 4.74 Å². The van der Waals surface area contributed by atoms with Crippen LogP contribution in [0.15, 0.2) is 12.2 Å². The molecule has 50 valence electrons. The van der Waals surface area contributed by atoms with Gasteiger partial charge in [-0.3, -0.25) is 0 Å². The molecule has 0 aromatic carbocycles. The zero-order valence-corrected chi connectivity index (χ0v) is 5.46. The predicted octanol–water partition coefficient (Wildman–Crippen LogP) is 1.27. The van der Waals surface area contributed by atoms with Gasteiger partial charge in [0.15, 0.2) is 0 Å². The third-order valence-corrected chi connectivity index (χ3v) is 1.11. The fraction of sp³-hybridized carbons (Fsp3) is 0.571. The quantitative estimate of drug-likeness (QED) is 0.411. The van der Waals surface area contributed by atoms with Crippen LogP contribution in [0, 0.1) is 0 Å². The molecular formula is C7H10O2. The van der Waals surface area contributed by atoms with Crippen molar-refractivity contribution in [1.29, 1.82) is 0 Å². The van der Waals surface area contributed by atoms with Crippen LogP contribution < -0.4 is 0 Å². The van der Waals surface area contributed by atoms with E-state index in [4.69, 9.17) is 4.74 Å². The Morgan fingerprint density at radius 2 is 2.33 bits per heavy atom. The fourth-order valence-electron chi connectivity index (χ4n) is 0.526. The Hall–Kier alpha value is -0.790. The molecule has 1 rings (SSSR count). The lowest BCUT2D eigenvalue weighted by atomic mass is 10.5. The molecular weight excluding hydrogens is 116 g/mol. The highest BCUT2D eigenvalue weighted by Gasteiger charge is 2.24. The van der Waals surface area contributed by atoms with Crippen LogP contribution in [0.2, 0.25) is 0 Å². The van der Waals surface area contributed by atoms with Crippen LogP contribution in [0.5, 0.6) is 0 Å². The van der Waals surface area contributed by atoms with Crippen molar-refractivity contribution >= 4 is 5.97 Å². The number of hydrogen-bond acceptors (Lipinski definition) is 2. The summed E-state index contributed by atoms with van der Waals surface area (Å²) < 4.78 is 4.88. The summed E-state index contributed by atoms with van der Waals surface area (Å²) in [6, 6.07) is 0. The molecule has 0 radical (unpaired) electrons. The zero-order valence-electron chi connectivity index (χ0n) is 5.46. The van der Waals surface area contributed by atoms with Crippen LogP contribution >= 0.6 is 0 Å². The summed E-state index contributed by atoms with van der Waals surface area (Å²) in [4.78, 5) is 10.6. The topological polar surface area (TPSA) is 26.3 Å². The lowest BCUT2D eigenvalue weighted by Crippen LogP contribution is -2.01. The first-order valence-electron chi connectivity index (χ1n) is 3.16. The Morgan fingerprint density at radius 1 is 1.67 bits per heavy atom. The Bertz CT molecular complexity index is 134. The van der Waals surface area contributed by atoms with Gasteiger partial charge in [-0.25, -0.2) is 4.79 Å². The van der Waals surface area contributed by atoms with Crippen LogP contribution in [0.1, 0.15) is 19.8 Å². The monoisotopic (exact) mass is 126 g/mol. The van der Waals surface area contributed by atoms with Crippen molar-refractivity contribution in [2.45, 2.75) is 25.9 Å². The summed E-state index contributed by atoms with van der Waals surface area (Å²) in [5, 5.41) is 0. The van der Waals surface area contributed by atoms with E-state index in [1.165, 1.54) is 6.08 Å². The first-order valence-corrected chi connectivity index (χ1v) is 3.16. The molecule has 0 aliphatic heterocycles. The van der Waals surface area contributed by atoms with Gasteiger partial charge in [-0.15, -0.1) is 0 Å². The maximum absolute atomic E-state index is 10.6. The molecule has 1 fully saturated rings. The van der Waals surface area contributed by atoms with E-state index < -0.39 is 0 Å². The van der Waals surface area contributed by atoms with Crippen molar-refractivity contribution in [3.8, 4) is 0 Å². The second kappa shape index (κ2) is 2.67. The largest absolute Gasteiger partial charge is 0.459 e. The SMILES string of the molecule is C/C=C/C(=O)OC1CC1. The molecule has 0 heterocycles. The van der Waals surface area contributed by atoms with Crippen molar-refractivity contribution in [3.05, 3.63) is 12.2 Å². The molecule has 0 spiro atoms. The van der Waals surface area contributed by atoms with Crippen molar-refractivity contribution in [1.82, 2.24) is 0 Å². The minimum atomic E-state index is -0.208. The number of hydrogen-bond donors (Lipinski definition) is 0. The van der Waals surface area contributed by atoms with E-state index in [1.54, 1.807) is 13.0 Å². The minimum absolute atomic E-state index is 0.208. The highest BCUT2D eigenvalue weighted by atomic mass is 16.5. The molecule has 1 aliphatic carbocycles. The minimum Gasteiger partial charge on any atom is -0.459 e. The molecule has 0 bridgehead atoms. The summed E-state index contributed by atoms with van der Waals surface area (Å²) in [5.74, 6) is -0.208. The smallest absolute Gasteiger partial charge is 0.330 e. The van der Waals surface area contributed by atoms with E-state index in [1.807, 2.05) is 0 Å². The van der Waals surface area contributed by atoms with E-state index in [-0.39, 0.29) is 12.1 Å². The summed E-state index contributed by atoms with van der Waals surface area (Å²) in [6.07, 6.45) is 5.45. The van der Waals surface area contributed by atoms with E-state index in [0.29, 0.717) is 0 Å². The molecule has 9 heavy (non-hydrogen) atoms. The van der Waals surface area contributed by atoms with E-state index in [2.05, 4.69) is 0 Å². The first-order chi connectivity index (χ1) is 4.33. The van der Waals surface area contributed by atoms with Crippen LogP contribution in [0.25, 0.3) is 0 Å².